The molecule has 0 bridgehead atoms. The Morgan fingerprint density at radius 3 is 2.91 bits per heavy atom. The number of aromatic amines is 1. The van der Waals surface area contributed by atoms with E-state index >= 15 is 0 Å². The zero-order valence-electron chi connectivity index (χ0n) is 13.4. The molecule has 118 valence electrons. The van der Waals surface area contributed by atoms with Crippen LogP contribution in [-0.2, 0) is 6.42 Å². The Morgan fingerprint density at radius 2 is 2.09 bits per heavy atom. The number of benzene rings is 1. The van der Waals surface area contributed by atoms with Gasteiger partial charge in [-0.15, -0.1) is 5.10 Å². The van der Waals surface area contributed by atoms with E-state index in [9.17, 15) is 0 Å². The summed E-state index contributed by atoms with van der Waals surface area (Å²) in [5.74, 6) is 2.69. The number of hydrogen-bond acceptors (Lipinski definition) is 4. The van der Waals surface area contributed by atoms with Crippen LogP contribution in [0.2, 0.25) is 0 Å². The third kappa shape index (κ3) is 3.04. The highest BCUT2D eigenvalue weighted by atomic mass is 15.3. The van der Waals surface area contributed by atoms with Crippen LogP contribution in [0, 0.1) is 12.8 Å². The van der Waals surface area contributed by atoms with Crippen molar-refractivity contribution in [1.29, 1.82) is 0 Å². The maximum Gasteiger partial charge on any atom is 0.151 e. The van der Waals surface area contributed by atoms with Crippen molar-refractivity contribution in [1.82, 2.24) is 20.2 Å². The van der Waals surface area contributed by atoms with Crippen molar-refractivity contribution in [3.05, 3.63) is 47.9 Å². The van der Waals surface area contributed by atoms with E-state index < -0.39 is 0 Å². The topological polar surface area (TPSA) is 57.7 Å². The minimum absolute atomic E-state index is 0.604. The minimum Gasteiger partial charge on any atom is -0.355 e. The largest absolute Gasteiger partial charge is 0.355 e. The number of hydrogen-bond donors (Lipinski definition) is 1. The maximum atomic E-state index is 4.71. The normalized spacial score (nSPS) is 18.5. The highest BCUT2D eigenvalue weighted by Gasteiger charge is 2.22. The molecule has 5 nitrogen and oxygen atoms in total. The smallest absolute Gasteiger partial charge is 0.151 e. The van der Waals surface area contributed by atoms with E-state index in [-0.39, 0.29) is 0 Å². The molecule has 1 aliphatic heterocycles. The summed E-state index contributed by atoms with van der Waals surface area (Å²) >= 11 is 0. The maximum absolute atomic E-state index is 4.71. The van der Waals surface area contributed by atoms with Crippen molar-refractivity contribution in [3.63, 3.8) is 0 Å². The second kappa shape index (κ2) is 5.99. The van der Waals surface area contributed by atoms with Gasteiger partial charge in [-0.05, 0) is 49.9 Å². The lowest BCUT2D eigenvalue weighted by Gasteiger charge is -2.33. The van der Waals surface area contributed by atoms with Crippen molar-refractivity contribution in [2.75, 3.05) is 18.0 Å². The molecule has 0 radical (unpaired) electrons. The van der Waals surface area contributed by atoms with Crippen LogP contribution in [0.15, 0.2) is 36.4 Å². The molecule has 1 N–H and O–H groups in total. The average molecular weight is 307 g/mol. The first-order chi connectivity index (χ1) is 11.3. The molecule has 23 heavy (non-hydrogen) atoms. The Balaban J connectivity index is 1.47. The lowest BCUT2D eigenvalue weighted by molar-refractivity contribution is 0.405. The van der Waals surface area contributed by atoms with E-state index in [2.05, 4.69) is 38.3 Å². The molecule has 1 fully saturated rings. The molecule has 1 aromatic carbocycles. The molecule has 0 aliphatic carbocycles. The highest BCUT2D eigenvalue weighted by Crippen LogP contribution is 2.24. The molecule has 0 saturated carbocycles. The first-order valence-corrected chi connectivity index (χ1v) is 8.27. The van der Waals surface area contributed by atoms with Crippen LogP contribution in [-0.4, -0.2) is 33.3 Å². The van der Waals surface area contributed by atoms with Gasteiger partial charge in [0.1, 0.15) is 5.82 Å². The molecule has 5 heteroatoms. The third-order valence-electron chi connectivity index (χ3n) is 4.55. The van der Waals surface area contributed by atoms with Crippen LogP contribution in [0.3, 0.4) is 0 Å². The van der Waals surface area contributed by atoms with E-state index in [0.29, 0.717) is 5.92 Å². The van der Waals surface area contributed by atoms with Gasteiger partial charge in [0.25, 0.3) is 0 Å². The van der Waals surface area contributed by atoms with Crippen LogP contribution in [0.5, 0.6) is 0 Å². The molecular weight excluding hydrogens is 286 g/mol. The van der Waals surface area contributed by atoms with Crippen LogP contribution < -0.4 is 4.90 Å². The Hall–Kier alpha value is -2.43. The van der Waals surface area contributed by atoms with E-state index in [1.807, 2.05) is 25.1 Å². The van der Waals surface area contributed by atoms with Crippen molar-refractivity contribution in [2.45, 2.75) is 26.2 Å². The lowest BCUT2D eigenvalue weighted by atomic mass is 9.94. The van der Waals surface area contributed by atoms with Crippen LogP contribution in [0.4, 0.5) is 5.82 Å². The summed E-state index contributed by atoms with van der Waals surface area (Å²) in [5, 5.41) is 8.51. The number of para-hydroxylation sites is 2. The van der Waals surface area contributed by atoms with Gasteiger partial charge < -0.3 is 9.88 Å². The van der Waals surface area contributed by atoms with Gasteiger partial charge in [0.2, 0.25) is 0 Å². The molecule has 4 rings (SSSR count). The Morgan fingerprint density at radius 1 is 1.17 bits per heavy atom. The summed E-state index contributed by atoms with van der Waals surface area (Å²) in [5.41, 5.74) is 3.14. The number of nitrogens with one attached hydrogen (secondary N) is 1. The summed E-state index contributed by atoms with van der Waals surface area (Å²) < 4.78 is 0. The van der Waals surface area contributed by atoms with Crippen LogP contribution in [0.25, 0.3) is 11.0 Å². The van der Waals surface area contributed by atoms with Crippen molar-refractivity contribution in [3.8, 4) is 0 Å². The number of fused-ring (bicyclic) bond motifs is 1. The lowest BCUT2D eigenvalue weighted by Crippen LogP contribution is -2.37. The minimum atomic E-state index is 0.604. The van der Waals surface area contributed by atoms with Gasteiger partial charge in [0.05, 0.1) is 16.7 Å². The molecule has 3 aromatic rings. The van der Waals surface area contributed by atoms with Gasteiger partial charge in [-0.2, -0.15) is 5.10 Å². The van der Waals surface area contributed by atoms with Gasteiger partial charge >= 0.3 is 0 Å². The van der Waals surface area contributed by atoms with Crippen molar-refractivity contribution < 1.29 is 0 Å². The monoisotopic (exact) mass is 307 g/mol. The molecule has 2 aromatic heterocycles. The Kier molecular flexibility index (Phi) is 3.69. The van der Waals surface area contributed by atoms with E-state index in [1.54, 1.807) is 0 Å². The average Bonchev–Trinajstić information content (AvgIpc) is 2.98. The molecule has 0 spiro atoms. The van der Waals surface area contributed by atoms with Gasteiger partial charge in [-0.3, -0.25) is 0 Å². The molecular formula is C18H21N5. The predicted octanol–water partition coefficient (Wildman–Crippen LogP) is 3.12. The first-order valence-electron chi connectivity index (χ1n) is 8.27. The van der Waals surface area contributed by atoms with Gasteiger partial charge in [-0.1, -0.05) is 12.1 Å². The summed E-state index contributed by atoms with van der Waals surface area (Å²) in [6, 6.07) is 12.3. The standard InChI is InChI=1S/C18H21N5/c1-13-8-9-18(22-21-13)23-10-4-5-14(12-23)11-17-19-15-6-2-3-7-16(15)20-17/h2-3,6-9,14H,4-5,10-12H2,1H3,(H,19,20)/t14-/m1/s1. The SMILES string of the molecule is Cc1ccc(N2CCC[C@H](Cc3nc4ccccc4[nH]3)C2)nn1. The summed E-state index contributed by atoms with van der Waals surface area (Å²) in [6.07, 6.45) is 3.43. The predicted molar refractivity (Wildman–Crippen MR) is 91.5 cm³/mol. The molecule has 3 heterocycles. The van der Waals surface area contributed by atoms with Gasteiger partial charge in [-0.25, -0.2) is 4.98 Å². The summed E-state index contributed by atoms with van der Waals surface area (Å²) in [7, 11) is 0. The number of rotatable bonds is 3. The van der Waals surface area contributed by atoms with Crippen molar-refractivity contribution >= 4 is 16.9 Å². The van der Waals surface area contributed by atoms with E-state index in [1.165, 1.54) is 12.8 Å². The fourth-order valence-electron chi connectivity index (χ4n) is 3.38. The van der Waals surface area contributed by atoms with Gasteiger partial charge in [0, 0.05) is 19.5 Å². The third-order valence-corrected chi connectivity index (χ3v) is 4.55. The number of H-pyrrole nitrogens is 1. The highest BCUT2D eigenvalue weighted by molar-refractivity contribution is 5.74. The summed E-state index contributed by atoms with van der Waals surface area (Å²) in [6.45, 7) is 4.06. The van der Waals surface area contributed by atoms with Crippen molar-refractivity contribution in [2.24, 2.45) is 5.92 Å². The Bertz CT molecular complexity index is 760. The Labute approximate surface area is 135 Å². The molecule has 0 amide bonds. The van der Waals surface area contributed by atoms with E-state index in [0.717, 1.165) is 47.9 Å². The molecule has 1 atom stereocenters. The first kappa shape index (κ1) is 14.2. The fourth-order valence-corrected chi connectivity index (χ4v) is 3.38. The number of nitrogens with zero attached hydrogens (tertiary/aromatic N) is 4. The van der Waals surface area contributed by atoms with E-state index in [4.69, 9.17) is 4.98 Å². The molecule has 1 aliphatic rings. The number of aromatic nitrogens is 4. The molecule has 0 unspecified atom stereocenters. The summed E-state index contributed by atoms with van der Waals surface area (Å²) in [4.78, 5) is 10.5. The fraction of sp³-hybridized carbons (Fsp3) is 0.389. The quantitative estimate of drug-likeness (QED) is 0.807. The number of imidazole rings is 1. The zero-order chi connectivity index (χ0) is 15.6. The zero-order valence-corrected chi connectivity index (χ0v) is 13.4. The number of anilines is 1. The second-order valence-electron chi connectivity index (χ2n) is 6.39. The van der Waals surface area contributed by atoms with Gasteiger partial charge in [0.15, 0.2) is 5.82 Å². The van der Waals surface area contributed by atoms with Crippen LogP contribution >= 0.6 is 0 Å². The molecule has 1 saturated heterocycles. The second-order valence-corrected chi connectivity index (χ2v) is 6.39. The number of aryl methyl sites for hydroxylation is 1. The number of piperidine rings is 1. The van der Waals surface area contributed by atoms with Crippen LogP contribution in [0.1, 0.15) is 24.4 Å².